The summed E-state index contributed by atoms with van der Waals surface area (Å²) in [6.07, 6.45) is -6.70. The van der Waals surface area contributed by atoms with Crippen LogP contribution in [0.4, 0.5) is 4.39 Å². The Kier molecular flexibility index (Phi) is 11.3. The number of rotatable bonds is 12. The van der Waals surface area contributed by atoms with E-state index in [0.29, 0.717) is 16.8 Å². The summed E-state index contributed by atoms with van der Waals surface area (Å²) in [5.41, 5.74) is 2.57. The van der Waals surface area contributed by atoms with E-state index in [1.807, 2.05) is 30.3 Å². The minimum absolute atomic E-state index is 0.0169. The topological polar surface area (TPSA) is 162 Å². The summed E-state index contributed by atoms with van der Waals surface area (Å²) in [7, 11) is 0. The monoisotopic (exact) mass is 642 g/mol. The molecule has 1 N–H and O–H groups in total. The molecule has 0 aliphatic carbocycles. The van der Waals surface area contributed by atoms with E-state index in [1.54, 1.807) is 13.0 Å². The Morgan fingerprint density at radius 3 is 2.13 bits per heavy atom. The Hall–Kier alpha value is -4.98. The predicted octanol–water partition coefficient (Wildman–Crippen LogP) is 3.49. The normalized spacial score (nSPS) is 20.7. The molecule has 1 saturated heterocycles. The van der Waals surface area contributed by atoms with Crippen molar-refractivity contribution in [1.82, 2.24) is 10.2 Å². The van der Waals surface area contributed by atoms with Crippen LogP contribution in [0.15, 0.2) is 48.5 Å². The molecule has 0 saturated carbocycles. The lowest BCUT2D eigenvalue weighted by atomic mass is 9.98. The molecular formula is C32H35FN2O11. The van der Waals surface area contributed by atoms with Crippen molar-refractivity contribution in [2.45, 2.75) is 78.4 Å². The number of aromatic amines is 1. The van der Waals surface area contributed by atoms with Crippen LogP contribution in [0.1, 0.15) is 50.1 Å². The molecule has 1 aromatic heterocycles. The van der Waals surface area contributed by atoms with Crippen LogP contribution >= 0.6 is 0 Å². The molecule has 4 rings (SSSR count). The van der Waals surface area contributed by atoms with Crippen LogP contribution in [0.25, 0.3) is 0 Å². The number of halogens is 1. The average Bonchev–Trinajstić information content (AvgIpc) is 3.32. The number of carbonyl (C=O) groups excluding carboxylic acids is 4. The van der Waals surface area contributed by atoms with Crippen molar-refractivity contribution in [1.29, 1.82) is 0 Å². The third-order valence-electron chi connectivity index (χ3n) is 6.83. The molecule has 5 atom stereocenters. The van der Waals surface area contributed by atoms with Gasteiger partial charge in [0.25, 0.3) is 0 Å². The standard InChI is InChI=1S/C32H35FN2O11/c1-17-24(13-23-11-12-26(25(33)14-23)41-15-22-9-7-6-8-10-22)31(35-34-17)46-32-30(44-21(5)39)29(43-20(4)38)28(42-19(3)37)27(45-32)16-40-18(2)36/h6-12,14,27-30,32H,13,15-16H2,1-5H3,(H,34,35)/t27?,28-,29+,30-,32+/m1/s1. The van der Waals surface area contributed by atoms with Gasteiger partial charge in [0.1, 0.15) is 19.3 Å². The first kappa shape index (κ1) is 33.9. The predicted molar refractivity (Wildman–Crippen MR) is 156 cm³/mol. The van der Waals surface area contributed by atoms with Crippen molar-refractivity contribution >= 4 is 23.9 Å². The summed E-state index contributed by atoms with van der Waals surface area (Å²) < 4.78 is 54.2. The van der Waals surface area contributed by atoms with E-state index >= 15 is 4.39 Å². The smallest absolute Gasteiger partial charge is 0.303 e. The van der Waals surface area contributed by atoms with Crippen LogP contribution in [-0.4, -0.2) is 71.4 Å². The number of aromatic nitrogens is 2. The Labute approximate surface area is 264 Å². The second kappa shape index (κ2) is 15.3. The van der Waals surface area contributed by atoms with Gasteiger partial charge in [-0.1, -0.05) is 36.4 Å². The molecule has 0 amide bonds. The van der Waals surface area contributed by atoms with Crippen LogP contribution in [0.5, 0.6) is 11.6 Å². The fourth-order valence-electron chi connectivity index (χ4n) is 4.84. The van der Waals surface area contributed by atoms with E-state index in [-0.39, 0.29) is 24.7 Å². The van der Waals surface area contributed by atoms with Gasteiger partial charge < -0.3 is 33.2 Å². The van der Waals surface area contributed by atoms with Gasteiger partial charge in [-0.05, 0) is 30.2 Å². The summed E-state index contributed by atoms with van der Waals surface area (Å²) in [6, 6.07) is 13.9. The minimum Gasteiger partial charge on any atom is -0.486 e. The molecule has 1 aliphatic heterocycles. The van der Waals surface area contributed by atoms with Crippen molar-refractivity contribution in [2.24, 2.45) is 0 Å². The number of nitrogens with one attached hydrogen (secondary N) is 1. The zero-order valence-corrected chi connectivity index (χ0v) is 25.9. The lowest BCUT2D eigenvalue weighted by Gasteiger charge is -2.43. The number of benzene rings is 2. The van der Waals surface area contributed by atoms with Crippen molar-refractivity contribution in [3.63, 3.8) is 0 Å². The van der Waals surface area contributed by atoms with Gasteiger partial charge in [-0.3, -0.25) is 24.3 Å². The number of nitrogens with zero attached hydrogens (tertiary/aromatic N) is 1. The fourth-order valence-corrected chi connectivity index (χ4v) is 4.84. The highest BCUT2D eigenvalue weighted by molar-refractivity contribution is 5.68. The number of H-pyrrole nitrogens is 1. The molecule has 0 spiro atoms. The molecule has 2 heterocycles. The molecular weight excluding hydrogens is 607 g/mol. The first-order valence-corrected chi connectivity index (χ1v) is 14.4. The largest absolute Gasteiger partial charge is 0.486 e. The van der Waals surface area contributed by atoms with Crippen LogP contribution in [0.3, 0.4) is 0 Å². The van der Waals surface area contributed by atoms with E-state index in [9.17, 15) is 19.2 Å². The van der Waals surface area contributed by atoms with Gasteiger partial charge in [0.2, 0.25) is 18.3 Å². The highest BCUT2D eigenvalue weighted by atomic mass is 19.1. The van der Waals surface area contributed by atoms with Crippen LogP contribution in [0, 0.1) is 12.7 Å². The molecule has 246 valence electrons. The number of carbonyl (C=O) groups is 4. The molecule has 14 heteroatoms. The molecule has 1 unspecified atom stereocenters. The summed E-state index contributed by atoms with van der Waals surface area (Å²) in [4.78, 5) is 47.8. The first-order valence-electron chi connectivity index (χ1n) is 14.4. The molecule has 13 nitrogen and oxygen atoms in total. The van der Waals surface area contributed by atoms with Gasteiger partial charge in [0, 0.05) is 45.4 Å². The summed E-state index contributed by atoms with van der Waals surface area (Å²) in [5.74, 6) is -3.41. The molecule has 2 aromatic carbocycles. The highest BCUT2D eigenvalue weighted by Crippen LogP contribution is 2.33. The molecule has 46 heavy (non-hydrogen) atoms. The van der Waals surface area contributed by atoms with Crippen LogP contribution in [0.2, 0.25) is 0 Å². The van der Waals surface area contributed by atoms with E-state index in [2.05, 4.69) is 10.2 Å². The quantitative estimate of drug-likeness (QED) is 0.227. The highest BCUT2D eigenvalue weighted by Gasteiger charge is 2.53. The zero-order valence-electron chi connectivity index (χ0n) is 25.9. The SMILES string of the molecule is CC(=O)OCC1O[C@@H](Oc2n[nH]c(C)c2Cc2ccc(OCc3ccccc3)c(F)c2)[C@H](OC(C)=O)[C@@H](OC(C)=O)[C@@H]1OC(C)=O. The van der Waals surface area contributed by atoms with Gasteiger partial charge in [0.15, 0.2) is 23.8 Å². The number of aryl methyl sites for hydroxylation is 1. The minimum atomic E-state index is -1.48. The number of hydrogen-bond donors (Lipinski definition) is 1. The zero-order chi connectivity index (χ0) is 33.4. The molecule has 1 aliphatic rings. The maximum absolute atomic E-state index is 15.0. The first-order chi connectivity index (χ1) is 21.9. The number of ether oxygens (including phenoxy) is 7. The lowest BCUT2D eigenvalue weighted by Crippen LogP contribution is -2.63. The van der Waals surface area contributed by atoms with Crippen molar-refractivity contribution in [3.05, 3.63) is 76.7 Å². The average molecular weight is 643 g/mol. The molecule has 0 radical (unpaired) electrons. The van der Waals surface area contributed by atoms with Crippen LogP contribution in [-0.2, 0) is 55.9 Å². The summed E-state index contributed by atoms with van der Waals surface area (Å²) >= 11 is 0. The molecule has 3 aromatic rings. The van der Waals surface area contributed by atoms with Gasteiger partial charge >= 0.3 is 23.9 Å². The van der Waals surface area contributed by atoms with E-state index in [0.717, 1.165) is 26.3 Å². The van der Waals surface area contributed by atoms with Crippen molar-refractivity contribution < 1.29 is 56.7 Å². The molecule has 0 bridgehead atoms. The van der Waals surface area contributed by atoms with Gasteiger partial charge in [0.05, 0.1) is 0 Å². The van der Waals surface area contributed by atoms with Gasteiger partial charge in [-0.25, -0.2) is 4.39 Å². The van der Waals surface area contributed by atoms with E-state index in [4.69, 9.17) is 33.2 Å². The van der Waals surface area contributed by atoms with Gasteiger partial charge in [-0.2, -0.15) is 0 Å². The molecule has 1 fully saturated rings. The Morgan fingerprint density at radius 1 is 0.848 bits per heavy atom. The maximum atomic E-state index is 15.0. The lowest BCUT2D eigenvalue weighted by molar-refractivity contribution is -0.289. The van der Waals surface area contributed by atoms with E-state index in [1.165, 1.54) is 19.1 Å². The number of esters is 4. The van der Waals surface area contributed by atoms with Gasteiger partial charge in [-0.15, -0.1) is 5.10 Å². The van der Waals surface area contributed by atoms with Crippen molar-refractivity contribution in [3.8, 4) is 11.6 Å². The second-order valence-corrected chi connectivity index (χ2v) is 10.5. The second-order valence-electron chi connectivity index (χ2n) is 10.5. The Morgan fingerprint density at radius 2 is 1.50 bits per heavy atom. The van der Waals surface area contributed by atoms with E-state index < -0.39 is 67.0 Å². The Bertz CT molecular complexity index is 1540. The van der Waals surface area contributed by atoms with Crippen LogP contribution < -0.4 is 9.47 Å². The number of hydrogen-bond acceptors (Lipinski definition) is 12. The third-order valence-corrected chi connectivity index (χ3v) is 6.83. The maximum Gasteiger partial charge on any atom is 0.303 e. The summed E-state index contributed by atoms with van der Waals surface area (Å²) in [6.45, 7) is 6.06. The summed E-state index contributed by atoms with van der Waals surface area (Å²) in [5, 5.41) is 7.03. The third kappa shape index (κ3) is 9.03. The Balaban J connectivity index is 1.60. The van der Waals surface area contributed by atoms with Crippen molar-refractivity contribution in [2.75, 3.05) is 6.61 Å². The fraction of sp³-hybridized carbons (Fsp3) is 0.406.